The Bertz CT molecular complexity index is 644. The fourth-order valence-corrected chi connectivity index (χ4v) is 1.62. The van der Waals surface area contributed by atoms with Crippen LogP contribution in [0.5, 0.6) is 0 Å². The molecule has 18 heavy (non-hydrogen) atoms. The number of pyridine rings is 2. The van der Waals surface area contributed by atoms with E-state index in [1.54, 1.807) is 12.5 Å². The Morgan fingerprint density at radius 3 is 2.61 bits per heavy atom. The van der Waals surface area contributed by atoms with E-state index in [9.17, 15) is 0 Å². The molecule has 3 rings (SSSR count). The second-order valence-electron chi connectivity index (χ2n) is 3.97. The first-order valence-corrected chi connectivity index (χ1v) is 5.63. The molecule has 0 radical (unpaired) electrons. The molecule has 0 atom stereocenters. The summed E-state index contributed by atoms with van der Waals surface area (Å²) in [6, 6.07) is 9.54. The van der Waals surface area contributed by atoms with Gasteiger partial charge in [-0.15, -0.1) is 0 Å². The average molecular weight is 237 g/mol. The molecule has 0 saturated carbocycles. The molecule has 4 nitrogen and oxygen atoms in total. The average Bonchev–Trinajstić information content (AvgIpc) is 2.90. The lowest BCUT2D eigenvalue weighted by molar-refractivity contribution is 0.572. The van der Waals surface area contributed by atoms with Crippen molar-refractivity contribution >= 4 is 0 Å². The standard InChI is InChI=1S/C14H11N3O/c1-10-5-6-11(16-8-10)13-9-18-14(17-13)12-4-2-3-7-15-12/h2-9H,1H3. The van der Waals surface area contributed by atoms with Crippen molar-refractivity contribution in [2.45, 2.75) is 6.92 Å². The van der Waals surface area contributed by atoms with Crippen LogP contribution in [0.15, 0.2) is 53.4 Å². The molecule has 3 aromatic heterocycles. The van der Waals surface area contributed by atoms with Gasteiger partial charge in [-0.05, 0) is 30.7 Å². The minimum Gasteiger partial charge on any atom is -0.443 e. The monoisotopic (exact) mass is 237 g/mol. The smallest absolute Gasteiger partial charge is 0.245 e. The summed E-state index contributed by atoms with van der Waals surface area (Å²) < 4.78 is 5.42. The van der Waals surface area contributed by atoms with Gasteiger partial charge in [-0.25, -0.2) is 4.98 Å². The van der Waals surface area contributed by atoms with Crippen molar-refractivity contribution in [3.63, 3.8) is 0 Å². The lowest BCUT2D eigenvalue weighted by atomic mass is 10.2. The Balaban J connectivity index is 1.97. The highest BCUT2D eigenvalue weighted by molar-refractivity contribution is 5.57. The molecule has 0 fully saturated rings. The van der Waals surface area contributed by atoms with Gasteiger partial charge in [0, 0.05) is 12.4 Å². The van der Waals surface area contributed by atoms with Crippen molar-refractivity contribution < 1.29 is 4.42 Å². The van der Waals surface area contributed by atoms with Gasteiger partial charge in [0.15, 0.2) is 0 Å². The molecule has 0 aliphatic rings. The van der Waals surface area contributed by atoms with E-state index in [0.29, 0.717) is 5.89 Å². The van der Waals surface area contributed by atoms with E-state index in [1.807, 2.05) is 43.5 Å². The molecule has 0 aromatic carbocycles. The molecule has 0 unspecified atom stereocenters. The first-order valence-electron chi connectivity index (χ1n) is 5.63. The minimum absolute atomic E-state index is 0.507. The van der Waals surface area contributed by atoms with Gasteiger partial charge < -0.3 is 4.42 Å². The Kier molecular flexibility index (Phi) is 2.61. The van der Waals surface area contributed by atoms with Gasteiger partial charge in [0.2, 0.25) is 5.89 Å². The van der Waals surface area contributed by atoms with Crippen molar-refractivity contribution in [1.29, 1.82) is 0 Å². The van der Waals surface area contributed by atoms with Gasteiger partial charge in [-0.2, -0.15) is 0 Å². The normalized spacial score (nSPS) is 10.5. The molecule has 0 N–H and O–H groups in total. The number of oxazole rings is 1. The quantitative estimate of drug-likeness (QED) is 0.687. The molecule has 0 aliphatic carbocycles. The predicted molar refractivity (Wildman–Crippen MR) is 67.7 cm³/mol. The van der Waals surface area contributed by atoms with Crippen LogP contribution < -0.4 is 0 Å². The number of hydrogen-bond donors (Lipinski definition) is 0. The second kappa shape index (κ2) is 4.41. The Hall–Kier alpha value is -2.49. The van der Waals surface area contributed by atoms with Crippen LogP contribution in [0.25, 0.3) is 23.0 Å². The van der Waals surface area contributed by atoms with Gasteiger partial charge in [0.1, 0.15) is 17.7 Å². The lowest BCUT2D eigenvalue weighted by Crippen LogP contribution is -1.85. The molecule has 3 aromatic rings. The summed E-state index contributed by atoms with van der Waals surface area (Å²) in [6.07, 6.45) is 5.12. The summed E-state index contributed by atoms with van der Waals surface area (Å²) in [5.74, 6) is 0.507. The van der Waals surface area contributed by atoms with Crippen molar-refractivity contribution in [1.82, 2.24) is 15.0 Å². The molecule has 0 saturated heterocycles. The van der Waals surface area contributed by atoms with E-state index in [1.165, 1.54) is 0 Å². The molecular formula is C14H11N3O. The summed E-state index contributed by atoms with van der Waals surface area (Å²) in [5.41, 5.74) is 3.35. The minimum atomic E-state index is 0.507. The SMILES string of the molecule is Cc1ccc(-c2coc(-c3ccccn3)n2)nc1. The zero-order valence-corrected chi connectivity index (χ0v) is 9.87. The van der Waals surface area contributed by atoms with E-state index in [-0.39, 0.29) is 0 Å². The first kappa shape index (κ1) is 10.7. The highest BCUT2D eigenvalue weighted by Gasteiger charge is 2.09. The summed E-state index contributed by atoms with van der Waals surface area (Å²) >= 11 is 0. The zero-order valence-electron chi connectivity index (χ0n) is 9.87. The van der Waals surface area contributed by atoms with Crippen LogP contribution in [0, 0.1) is 6.92 Å². The fourth-order valence-electron chi connectivity index (χ4n) is 1.62. The maximum absolute atomic E-state index is 5.42. The van der Waals surface area contributed by atoms with Crippen LogP contribution in [0.4, 0.5) is 0 Å². The maximum Gasteiger partial charge on any atom is 0.245 e. The molecular weight excluding hydrogens is 226 g/mol. The molecule has 0 amide bonds. The van der Waals surface area contributed by atoms with Crippen LogP contribution in [0.3, 0.4) is 0 Å². The molecule has 4 heteroatoms. The lowest BCUT2D eigenvalue weighted by Gasteiger charge is -1.95. The predicted octanol–water partition coefficient (Wildman–Crippen LogP) is 3.11. The number of rotatable bonds is 2. The highest BCUT2D eigenvalue weighted by Crippen LogP contribution is 2.21. The van der Waals surface area contributed by atoms with Gasteiger partial charge in [0.05, 0.1) is 5.69 Å². The van der Waals surface area contributed by atoms with E-state index >= 15 is 0 Å². The van der Waals surface area contributed by atoms with Gasteiger partial charge in [-0.3, -0.25) is 9.97 Å². The number of aryl methyl sites for hydroxylation is 1. The Labute approximate surface area is 104 Å². The summed E-state index contributed by atoms with van der Waals surface area (Å²) in [7, 11) is 0. The van der Waals surface area contributed by atoms with Gasteiger partial charge >= 0.3 is 0 Å². The molecule has 3 heterocycles. The fraction of sp³-hybridized carbons (Fsp3) is 0.0714. The third-order valence-corrected chi connectivity index (χ3v) is 2.56. The van der Waals surface area contributed by atoms with E-state index in [2.05, 4.69) is 15.0 Å². The van der Waals surface area contributed by atoms with Crippen LogP contribution in [-0.2, 0) is 0 Å². The number of nitrogens with zero attached hydrogens (tertiary/aromatic N) is 3. The van der Waals surface area contributed by atoms with Crippen molar-refractivity contribution in [2.24, 2.45) is 0 Å². The largest absolute Gasteiger partial charge is 0.443 e. The van der Waals surface area contributed by atoms with E-state index in [4.69, 9.17) is 4.42 Å². The van der Waals surface area contributed by atoms with Gasteiger partial charge in [-0.1, -0.05) is 12.1 Å². The summed E-state index contributed by atoms with van der Waals surface area (Å²) in [6.45, 7) is 2.00. The molecule has 88 valence electrons. The number of hydrogen-bond acceptors (Lipinski definition) is 4. The summed E-state index contributed by atoms with van der Waals surface area (Å²) in [5, 5.41) is 0. The zero-order chi connectivity index (χ0) is 12.4. The topological polar surface area (TPSA) is 51.8 Å². The van der Waals surface area contributed by atoms with Crippen LogP contribution in [0.1, 0.15) is 5.56 Å². The van der Waals surface area contributed by atoms with Crippen molar-refractivity contribution in [2.75, 3.05) is 0 Å². The van der Waals surface area contributed by atoms with Crippen molar-refractivity contribution in [3.8, 4) is 23.0 Å². The molecule has 0 aliphatic heterocycles. The second-order valence-corrected chi connectivity index (χ2v) is 3.97. The maximum atomic E-state index is 5.42. The third-order valence-electron chi connectivity index (χ3n) is 2.56. The molecule has 0 spiro atoms. The Morgan fingerprint density at radius 1 is 0.944 bits per heavy atom. The van der Waals surface area contributed by atoms with Crippen LogP contribution in [-0.4, -0.2) is 15.0 Å². The highest BCUT2D eigenvalue weighted by atomic mass is 16.3. The van der Waals surface area contributed by atoms with E-state index < -0.39 is 0 Å². The third kappa shape index (κ3) is 2.00. The van der Waals surface area contributed by atoms with Crippen LogP contribution >= 0.6 is 0 Å². The molecule has 0 bridgehead atoms. The van der Waals surface area contributed by atoms with Gasteiger partial charge in [0.25, 0.3) is 0 Å². The first-order chi connectivity index (χ1) is 8.83. The van der Waals surface area contributed by atoms with E-state index in [0.717, 1.165) is 22.6 Å². The van der Waals surface area contributed by atoms with Crippen LogP contribution in [0.2, 0.25) is 0 Å². The van der Waals surface area contributed by atoms with Crippen molar-refractivity contribution in [3.05, 3.63) is 54.6 Å². The Morgan fingerprint density at radius 2 is 1.89 bits per heavy atom. The summed E-state index contributed by atoms with van der Waals surface area (Å²) in [4.78, 5) is 12.9. The number of aromatic nitrogens is 3.